The van der Waals surface area contributed by atoms with Crippen LogP contribution >= 0.6 is 11.3 Å². The van der Waals surface area contributed by atoms with Crippen LogP contribution in [0.2, 0.25) is 0 Å². The summed E-state index contributed by atoms with van der Waals surface area (Å²) in [7, 11) is 0. The number of hydrogen-bond acceptors (Lipinski definition) is 4. The summed E-state index contributed by atoms with van der Waals surface area (Å²) in [5.74, 6) is 0.0139. The van der Waals surface area contributed by atoms with Crippen LogP contribution < -0.4 is 0 Å². The summed E-state index contributed by atoms with van der Waals surface area (Å²) < 4.78 is 6.21. The Morgan fingerprint density at radius 2 is 2.00 bits per heavy atom. The molecule has 3 rings (SSSR count). The molecule has 0 radical (unpaired) electrons. The number of aromatic hydroxyl groups is 1. The lowest BCUT2D eigenvalue weighted by Gasteiger charge is -2.06. The van der Waals surface area contributed by atoms with Gasteiger partial charge >= 0.3 is 5.97 Å². The Kier molecular flexibility index (Phi) is 3.86. The number of aryl methyl sites for hydroxylation is 1. The van der Waals surface area contributed by atoms with Gasteiger partial charge in [-0.05, 0) is 53.3 Å². The Morgan fingerprint density at radius 3 is 2.73 bits per heavy atom. The summed E-state index contributed by atoms with van der Waals surface area (Å²) in [4.78, 5) is 11.9. The van der Waals surface area contributed by atoms with Crippen LogP contribution in [0.5, 0.6) is 5.75 Å². The number of thiophene rings is 1. The van der Waals surface area contributed by atoms with Gasteiger partial charge in [0.1, 0.15) is 12.4 Å². The topological polar surface area (TPSA) is 46.5 Å². The molecule has 0 aliphatic carbocycles. The Bertz CT molecular complexity index is 849. The van der Waals surface area contributed by atoms with E-state index in [1.54, 1.807) is 23.5 Å². The number of ether oxygens (including phenoxy) is 1. The second-order valence-corrected chi connectivity index (χ2v) is 6.41. The second-order valence-electron chi connectivity index (χ2n) is 5.24. The average Bonchev–Trinajstić information content (AvgIpc) is 2.87. The molecule has 3 nitrogen and oxygen atoms in total. The minimum Gasteiger partial charge on any atom is -0.508 e. The van der Waals surface area contributed by atoms with Crippen LogP contribution in [0, 0.1) is 6.92 Å². The molecule has 1 aromatic heterocycles. The highest BCUT2D eigenvalue weighted by molar-refractivity contribution is 7.19. The standard InChI is InChI=1S/C18H16O3S/c1-11-7-15(20)5-6-17(11)13-3-4-14-8-16(10-21-12(2)19)22-18(14)9-13/h3-9,20H,10H2,1-2H3. The molecule has 1 N–H and O–H groups in total. The van der Waals surface area contributed by atoms with Crippen molar-refractivity contribution in [3.05, 3.63) is 52.9 Å². The molecule has 0 bridgehead atoms. The molecule has 0 unspecified atom stereocenters. The van der Waals surface area contributed by atoms with E-state index in [1.165, 1.54) is 6.92 Å². The van der Waals surface area contributed by atoms with Crippen molar-refractivity contribution in [2.24, 2.45) is 0 Å². The number of benzene rings is 2. The van der Waals surface area contributed by atoms with E-state index in [4.69, 9.17) is 4.74 Å². The Balaban J connectivity index is 1.97. The molecule has 0 spiro atoms. The monoisotopic (exact) mass is 312 g/mol. The first kappa shape index (κ1) is 14.6. The van der Waals surface area contributed by atoms with E-state index >= 15 is 0 Å². The average molecular weight is 312 g/mol. The Labute approximate surface area is 132 Å². The highest BCUT2D eigenvalue weighted by atomic mass is 32.1. The molecule has 0 atom stereocenters. The fraction of sp³-hybridized carbons (Fsp3) is 0.167. The van der Waals surface area contributed by atoms with Gasteiger partial charge in [-0.25, -0.2) is 0 Å². The van der Waals surface area contributed by atoms with Gasteiger partial charge in [-0.3, -0.25) is 4.79 Å². The predicted molar refractivity (Wildman–Crippen MR) is 89.1 cm³/mol. The molecule has 0 fully saturated rings. The number of esters is 1. The van der Waals surface area contributed by atoms with Gasteiger partial charge in [-0.2, -0.15) is 0 Å². The van der Waals surface area contributed by atoms with Crippen molar-refractivity contribution < 1.29 is 14.6 Å². The summed E-state index contributed by atoms with van der Waals surface area (Å²) in [5.41, 5.74) is 3.26. The van der Waals surface area contributed by atoms with Gasteiger partial charge in [0.25, 0.3) is 0 Å². The first-order chi connectivity index (χ1) is 10.5. The molecule has 0 aliphatic rings. The van der Waals surface area contributed by atoms with Crippen LogP contribution in [0.3, 0.4) is 0 Å². The summed E-state index contributed by atoms with van der Waals surface area (Å²) in [6, 6.07) is 13.7. The van der Waals surface area contributed by atoms with E-state index in [-0.39, 0.29) is 11.7 Å². The van der Waals surface area contributed by atoms with E-state index in [1.807, 2.05) is 13.0 Å². The number of fused-ring (bicyclic) bond motifs is 1. The number of rotatable bonds is 3. The van der Waals surface area contributed by atoms with Gasteiger partial charge < -0.3 is 9.84 Å². The molecule has 0 aliphatic heterocycles. The van der Waals surface area contributed by atoms with Crippen molar-refractivity contribution >= 4 is 27.4 Å². The van der Waals surface area contributed by atoms with E-state index in [9.17, 15) is 9.90 Å². The predicted octanol–water partition coefficient (Wildman–Crippen LogP) is 4.65. The third-order valence-electron chi connectivity index (χ3n) is 3.51. The van der Waals surface area contributed by atoms with Crippen LogP contribution in [-0.4, -0.2) is 11.1 Å². The molecule has 0 saturated heterocycles. The number of phenolic OH excluding ortho intramolecular Hbond substituents is 1. The zero-order chi connectivity index (χ0) is 15.7. The molecule has 2 aromatic carbocycles. The maximum Gasteiger partial charge on any atom is 0.302 e. The summed E-state index contributed by atoms with van der Waals surface area (Å²) in [5, 5.41) is 10.7. The van der Waals surface area contributed by atoms with Crippen molar-refractivity contribution in [1.29, 1.82) is 0 Å². The van der Waals surface area contributed by atoms with E-state index < -0.39 is 0 Å². The molecular weight excluding hydrogens is 296 g/mol. The van der Waals surface area contributed by atoms with Gasteiger partial charge in [0, 0.05) is 16.5 Å². The smallest absolute Gasteiger partial charge is 0.302 e. The van der Waals surface area contributed by atoms with Crippen molar-refractivity contribution in [2.45, 2.75) is 20.5 Å². The van der Waals surface area contributed by atoms with Gasteiger partial charge in [0.05, 0.1) is 0 Å². The summed E-state index contributed by atoms with van der Waals surface area (Å²) >= 11 is 1.63. The lowest BCUT2D eigenvalue weighted by atomic mass is 10.00. The highest BCUT2D eigenvalue weighted by Crippen LogP contribution is 2.33. The van der Waals surface area contributed by atoms with Crippen LogP contribution in [0.25, 0.3) is 21.2 Å². The van der Waals surface area contributed by atoms with Crippen LogP contribution in [-0.2, 0) is 16.1 Å². The highest BCUT2D eigenvalue weighted by Gasteiger charge is 2.07. The van der Waals surface area contributed by atoms with Crippen LogP contribution in [0.4, 0.5) is 0 Å². The lowest BCUT2D eigenvalue weighted by Crippen LogP contribution is -1.96. The molecule has 3 aromatic rings. The largest absolute Gasteiger partial charge is 0.508 e. The minimum atomic E-state index is -0.266. The fourth-order valence-electron chi connectivity index (χ4n) is 2.47. The lowest BCUT2D eigenvalue weighted by molar-refractivity contribution is -0.142. The van der Waals surface area contributed by atoms with Crippen molar-refractivity contribution in [1.82, 2.24) is 0 Å². The number of phenols is 1. The fourth-order valence-corrected chi connectivity index (χ4v) is 3.49. The normalized spacial score (nSPS) is 10.8. The number of hydrogen-bond donors (Lipinski definition) is 1. The molecular formula is C18H16O3S. The molecule has 0 amide bonds. The molecule has 112 valence electrons. The molecule has 0 saturated carbocycles. The van der Waals surface area contributed by atoms with Gasteiger partial charge in [-0.15, -0.1) is 11.3 Å². The Hall–Kier alpha value is -2.33. The first-order valence-electron chi connectivity index (χ1n) is 6.99. The van der Waals surface area contributed by atoms with Crippen molar-refractivity contribution in [3.63, 3.8) is 0 Å². The first-order valence-corrected chi connectivity index (χ1v) is 7.80. The maximum absolute atomic E-state index is 10.9. The summed E-state index contributed by atoms with van der Waals surface area (Å²) in [6.45, 7) is 3.72. The van der Waals surface area contributed by atoms with Crippen LogP contribution in [0.1, 0.15) is 17.4 Å². The minimum absolute atomic E-state index is 0.266. The van der Waals surface area contributed by atoms with Gasteiger partial charge in [-0.1, -0.05) is 18.2 Å². The zero-order valence-electron chi connectivity index (χ0n) is 12.4. The Morgan fingerprint density at radius 1 is 1.18 bits per heavy atom. The van der Waals surface area contributed by atoms with Crippen molar-refractivity contribution in [3.8, 4) is 16.9 Å². The maximum atomic E-state index is 10.9. The van der Waals surface area contributed by atoms with Gasteiger partial charge in [0.15, 0.2) is 0 Å². The molecule has 4 heteroatoms. The third-order valence-corrected chi connectivity index (χ3v) is 4.58. The van der Waals surface area contributed by atoms with E-state index in [0.29, 0.717) is 6.61 Å². The third kappa shape index (κ3) is 2.97. The van der Waals surface area contributed by atoms with E-state index in [2.05, 4.69) is 24.3 Å². The van der Waals surface area contributed by atoms with Crippen LogP contribution in [0.15, 0.2) is 42.5 Å². The SMILES string of the molecule is CC(=O)OCc1cc2ccc(-c3ccc(O)cc3C)cc2s1. The molecule has 1 heterocycles. The summed E-state index contributed by atoms with van der Waals surface area (Å²) in [6.07, 6.45) is 0. The quantitative estimate of drug-likeness (QED) is 0.716. The number of carbonyl (C=O) groups excluding carboxylic acids is 1. The van der Waals surface area contributed by atoms with E-state index in [0.717, 1.165) is 31.7 Å². The number of carbonyl (C=O) groups is 1. The second kappa shape index (κ2) is 5.81. The van der Waals surface area contributed by atoms with Crippen molar-refractivity contribution in [2.75, 3.05) is 0 Å². The zero-order valence-corrected chi connectivity index (χ0v) is 13.2. The molecule has 22 heavy (non-hydrogen) atoms. The van der Waals surface area contributed by atoms with Gasteiger partial charge in [0.2, 0.25) is 0 Å².